The number of unbranched alkanes of at least 4 members (excludes halogenated alkanes) is 3. The van der Waals surface area contributed by atoms with Gasteiger partial charge in [-0.2, -0.15) is 0 Å². The maximum atomic E-state index is 4.86. The number of nitrogens with zero attached hydrogens (tertiary/aromatic N) is 1. The van der Waals surface area contributed by atoms with Crippen LogP contribution in [0.5, 0.6) is 0 Å². The Balaban J connectivity index is 2.00. The fraction of sp³-hybridized carbons (Fsp3) is 0.381. The predicted molar refractivity (Wildman–Crippen MR) is 101 cm³/mol. The number of rotatable bonds is 7. The van der Waals surface area contributed by atoms with Crippen LogP contribution in [0, 0.1) is 0 Å². The van der Waals surface area contributed by atoms with Gasteiger partial charge in [-0.1, -0.05) is 57.4 Å². The Bertz CT molecular complexity index is 792. The maximum absolute atomic E-state index is 4.86. The summed E-state index contributed by atoms with van der Waals surface area (Å²) in [4.78, 5) is 4.86. The third kappa shape index (κ3) is 3.31. The van der Waals surface area contributed by atoms with Gasteiger partial charge in [0.15, 0.2) is 0 Å². The van der Waals surface area contributed by atoms with E-state index in [1.807, 2.05) is 0 Å². The summed E-state index contributed by atoms with van der Waals surface area (Å²) in [6.45, 7) is 5.52. The average molecular weight is 306 g/mol. The summed E-state index contributed by atoms with van der Waals surface area (Å²) in [5.41, 5.74) is 4.83. The van der Waals surface area contributed by atoms with E-state index in [4.69, 9.17) is 4.98 Å². The van der Waals surface area contributed by atoms with Crippen molar-refractivity contribution in [2.45, 2.75) is 46.0 Å². The van der Waals surface area contributed by atoms with Gasteiger partial charge in [0.1, 0.15) is 0 Å². The normalized spacial score (nSPS) is 11.2. The van der Waals surface area contributed by atoms with Gasteiger partial charge in [0.2, 0.25) is 0 Å². The Hall–Kier alpha value is -2.09. The Morgan fingerprint density at radius 1 is 0.870 bits per heavy atom. The summed E-state index contributed by atoms with van der Waals surface area (Å²) in [6.07, 6.45) is 6.16. The van der Waals surface area contributed by atoms with Crippen molar-refractivity contribution in [3.63, 3.8) is 0 Å². The number of fused-ring (bicyclic) bond motifs is 2. The van der Waals surface area contributed by atoms with Gasteiger partial charge < -0.3 is 5.32 Å². The smallest absolute Gasteiger partial charge is 0.0733 e. The van der Waals surface area contributed by atoms with Crippen LogP contribution in [-0.2, 0) is 6.42 Å². The minimum absolute atomic E-state index is 1.02. The second kappa shape index (κ2) is 7.45. The predicted octanol–water partition coefficient (Wildman–Crippen LogP) is 5.94. The van der Waals surface area contributed by atoms with E-state index in [2.05, 4.69) is 61.6 Å². The second-order valence-electron chi connectivity index (χ2n) is 6.15. The highest BCUT2D eigenvalue weighted by molar-refractivity contribution is 6.03. The summed E-state index contributed by atoms with van der Waals surface area (Å²) < 4.78 is 0. The highest BCUT2D eigenvalue weighted by atomic mass is 14.9. The lowest BCUT2D eigenvalue weighted by atomic mass is 9.99. The lowest BCUT2D eigenvalue weighted by Crippen LogP contribution is -2.03. The van der Waals surface area contributed by atoms with Gasteiger partial charge in [-0.05, 0) is 36.6 Å². The highest BCUT2D eigenvalue weighted by Gasteiger charge is 2.10. The fourth-order valence-electron chi connectivity index (χ4n) is 3.33. The van der Waals surface area contributed by atoms with Crippen LogP contribution in [0.4, 0.5) is 5.69 Å². The van der Waals surface area contributed by atoms with E-state index in [9.17, 15) is 0 Å². The summed E-state index contributed by atoms with van der Waals surface area (Å²) >= 11 is 0. The first-order valence-electron chi connectivity index (χ1n) is 8.89. The monoisotopic (exact) mass is 306 g/mol. The van der Waals surface area contributed by atoms with Crippen LogP contribution in [-0.4, -0.2) is 11.5 Å². The van der Waals surface area contributed by atoms with Crippen molar-refractivity contribution in [2.24, 2.45) is 0 Å². The number of pyridine rings is 1. The maximum Gasteiger partial charge on any atom is 0.0733 e. The van der Waals surface area contributed by atoms with Gasteiger partial charge in [-0.15, -0.1) is 0 Å². The zero-order chi connectivity index (χ0) is 16.1. The SMILES string of the molecule is CCCCCCNc1cccc2nc3ccccc3c(CC)c12. The first-order chi connectivity index (χ1) is 11.3. The number of nitrogens with one attached hydrogen (secondary N) is 1. The lowest BCUT2D eigenvalue weighted by Gasteiger charge is -2.14. The number of anilines is 1. The molecule has 0 bridgehead atoms. The molecule has 0 aliphatic heterocycles. The number of aryl methyl sites for hydroxylation is 1. The second-order valence-corrected chi connectivity index (χ2v) is 6.15. The molecule has 3 aromatic rings. The molecule has 3 rings (SSSR count). The van der Waals surface area contributed by atoms with Crippen LogP contribution in [0.2, 0.25) is 0 Å². The lowest BCUT2D eigenvalue weighted by molar-refractivity contribution is 0.685. The summed E-state index contributed by atoms with van der Waals surface area (Å²) in [5.74, 6) is 0. The molecular formula is C21H26N2. The Labute approximate surface area is 138 Å². The summed E-state index contributed by atoms with van der Waals surface area (Å²) in [6, 6.07) is 14.9. The van der Waals surface area contributed by atoms with Crippen molar-refractivity contribution in [1.29, 1.82) is 0 Å². The van der Waals surface area contributed by atoms with Crippen molar-refractivity contribution in [3.05, 3.63) is 48.0 Å². The van der Waals surface area contributed by atoms with E-state index in [0.717, 1.165) is 24.0 Å². The largest absolute Gasteiger partial charge is 0.384 e. The number of benzene rings is 2. The van der Waals surface area contributed by atoms with E-state index in [0.29, 0.717) is 0 Å². The minimum atomic E-state index is 1.02. The summed E-state index contributed by atoms with van der Waals surface area (Å²) in [5, 5.41) is 6.22. The standard InChI is InChI=1S/C21H26N2/c1-3-5-6-9-15-22-19-13-10-14-20-21(19)16(4-2)17-11-7-8-12-18(17)23-20/h7-8,10-14,22H,3-6,9,15H2,1-2H3. The Kier molecular flexibility index (Phi) is 5.12. The van der Waals surface area contributed by atoms with Crippen LogP contribution < -0.4 is 5.32 Å². The number of hydrogen-bond donors (Lipinski definition) is 1. The Morgan fingerprint density at radius 2 is 1.70 bits per heavy atom. The van der Waals surface area contributed by atoms with Gasteiger partial charge >= 0.3 is 0 Å². The molecule has 120 valence electrons. The first kappa shape index (κ1) is 15.8. The van der Waals surface area contributed by atoms with E-state index >= 15 is 0 Å². The molecule has 2 aromatic carbocycles. The van der Waals surface area contributed by atoms with Crippen molar-refractivity contribution in [2.75, 3.05) is 11.9 Å². The quantitative estimate of drug-likeness (QED) is 0.431. The van der Waals surface area contributed by atoms with Gasteiger partial charge in [0, 0.05) is 23.0 Å². The van der Waals surface area contributed by atoms with E-state index in [1.165, 1.54) is 47.7 Å². The molecular weight excluding hydrogens is 280 g/mol. The fourth-order valence-corrected chi connectivity index (χ4v) is 3.33. The molecule has 0 unspecified atom stereocenters. The molecule has 1 heterocycles. The zero-order valence-electron chi connectivity index (χ0n) is 14.2. The van der Waals surface area contributed by atoms with E-state index in [1.54, 1.807) is 0 Å². The van der Waals surface area contributed by atoms with Gasteiger partial charge in [-0.3, -0.25) is 0 Å². The average Bonchev–Trinajstić information content (AvgIpc) is 2.59. The molecule has 1 N–H and O–H groups in total. The molecule has 0 atom stereocenters. The van der Waals surface area contributed by atoms with E-state index in [-0.39, 0.29) is 0 Å². The number of aromatic nitrogens is 1. The minimum Gasteiger partial charge on any atom is -0.384 e. The molecule has 23 heavy (non-hydrogen) atoms. The van der Waals surface area contributed by atoms with Crippen LogP contribution in [0.1, 0.15) is 45.1 Å². The van der Waals surface area contributed by atoms with Crippen molar-refractivity contribution < 1.29 is 0 Å². The first-order valence-corrected chi connectivity index (χ1v) is 8.89. The molecule has 0 aliphatic carbocycles. The third-order valence-electron chi connectivity index (χ3n) is 4.51. The van der Waals surface area contributed by atoms with Gasteiger partial charge in [0.05, 0.1) is 11.0 Å². The van der Waals surface area contributed by atoms with Gasteiger partial charge in [-0.25, -0.2) is 4.98 Å². The Morgan fingerprint density at radius 3 is 2.52 bits per heavy atom. The number of hydrogen-bond acceptors (Lipinski definition) is 2. The van der Waals surface area contributed by atoms with Crippen LogP contribution in [0.15, 0.2) is 42.5 Å². The molecule has 0 spiro atoms. The van der Waals surface area contributed by atoms with Crippen molar-refractivity contribution >= 4 is 27.5 Å². The third-order valence-corrected chi connectivity index (χ3v) is 4.51. The molecule has 0 saturated heterocycles. The molecule has 0 saturated carbocycles. The van der Waals surface area contributed by atoms with Crippen molar-refractivity contribution in [1.82, 2.24) is 4.98 Å². The molecule has 0 radical (unpaired) electrons. The summed E-state index contributed by atoms with van der Waals surface area (Å²) in [7, 11) is 0. The molecule has 2 nitrogen and oxygen atoms in total. The number of para-hydroxylation sites is 1. The van der Waals surface area contributed by atoms with Gasteiger partial charge in [0.25, 0.3) is 0 Å². The van der Waals surface area contributed by atoms with E-state index < -0.39 is 0 Å². The van der Waals surface area contributed by atoms with Crippen molar-refractivity contribution in [3.8, 4) is 0 Å². The highest BCUT2D eigenvalue weighted by Crippen LogP contribution is 2.31. The van der Waals surface area contributed by atoms with Crippen LogP contribution in [0.3, 0.4) is 0 Å². The zero-order valence-corrected chi connectivity index (χ0v) is 14.2. The molecule has 0 amide bonds. The van der Waals surface area contributed by atoms with Crippen LogP contribution in [0.25, 0.3) is 21.8 Å². The van der Waals surface area contributed by atoms with Crippen LogP contribution >= 0.6 is 0 Å². The molecule has 2 heteroatoms. The molecule has 0 fully saturated rings. The molecule has 1 aromatic heterocycles. The molecule has 0 aliphatic rings. The topological polar surface area (TPSA) is 24.9 Å².